The Morgan fingerprint density at radius 3 is 2.71 bits per heavy atom. The summed E-state index contributed by atoms with van der Waals surface area (Å²) in [6, 6.07) is 8.45. The molecule has 4 heteroatoms. The van der Waals surface area contributed by atoms with Gasteiger partial charge in [0.2, 0.25) is 5.91 Å². The van der Waals surface area contributed by atoms with E-state index in [1.165, 1.54) is 36.8 Å². The summed E-state index contributed by atoms with van der Waals surface area (Å²) in [5, 5.41) is 3.15. The van der Waals surface area contributed by atoms with Crippen LogP contribution in [0.2, 0.25) is 0 Å². The third kappa shape index (κ3) is 4.72. The number of nitrogens with two attached hydrogens (primary N) is 1. The molecule has 1 aliphatic carbocycles. The Morgan fingerprint density at radius 1 is 1.38 bits per heavy atom. The third-order valence-corrected chi connectivity index (χ3v) is 4.47. The minimum atomic E-state index is -0.0588. The number of carbonyl (C=O) groups is 1. The molecule has 1 amide bonds. The van der Waals surface area contributed by atoms with Crippen LogP contribution in [0.1, 0.15) is 49.8 Å². The molecule has 3 N–H and O–H groups in total. The fraction of sp³-hybridized carbons (Fsp3) is 0.588. The van der Waals surface area contributed by atoms with Gasteiger partial charge in [0.1, 0.15) is 0 Å². The van der Waals surface area contributed by atoms with Gasteiger partial charge in [0, 0.05) is 0 Å². The van der Waals surface area contributed by atoms with Gasteiger partial charge in [0.05, 0.1) is 12.6 Å². The van der Waals surface area contributed by atoms with Crippen molar-refractivity contribution in [1.82, 2.24) is 5.32 Å². The predicted molar refractivity (Wildman–Crippen MR) is 89.5 cm³/mol. The van der Waals surface area contributed by atoms with E-state index in [0.29, 0.717) is 5.92 Å². The van der Waals surface area contributed by atoms with Crippen LogP contribution in [0.5, 0.6) is 0 Å². The summed E-state index contributed by atoms with van der Waals surface area (Å²) in [6.07, 6.45) is 4.94. The zero-order chi connectivity index (χ0) is 14.5. The van der Waals surface area contributed by atoms with Crippen LogP contribution in [0, 0.1) is 18.8 Å². The van der Waals surface area contributed by atoms with Crippen molar-refractivity contribution in [1.29, 1.82) is 0 Å². The number of halogens is 1. The quantitative estimate of drug-likeness (QED) is 0.896. The Kier molecular flexibility index (Phi) is 7.20. The minimum Gasteiger partial charge on any atom is -0.348 e. The second kappa shape index (κ2) is 8.40. The highest BCUT2D eigenvalue weighted by Crippen LogP contribution is 2.37. The first-order valence-corrected chi connectivity index (χ1v) is 7.66. The molecule has 1 fully saturated rings. The van der Waals surface area contributed by atoms with Crippen molar-refractivity contribution in [2.75, 3.05) is 6.54 Å². The summed E-state index contributed by atoms with van der Waals surface area (Å²) in [5.41, 5.74) is 7.97. The van der Waals surface area contributed by atoms with E-state index in [4.69, 9.17) is 5.73 Å². The number of benzene rings is 1. The molecule has 1 aliphatic rings. The molecule has 3 unspecified atom stereocenters. The summed E-state index contributed by atoms with van der Waals surface area (Å²) in [4.78, 5) is 11.8. The fourth-order valence-electron chi connectivity index (χ4n) is 3.40. The van der Waals surface area contributed by atoms with Crippen LogP contribution in [-0.4, -0.2) is 12.5 Å². The summed E-state index contributed by atoms with van der Waals surface area (Å²) in [6.45, 7) is 4.49. The Morgan fingerprint density at radius 2 is 2.10 bits per heavy atom. The van der Waals surface area contributed by atoms with E-state index in [1.54, 1.807) is 0 Å². The molecule has 0 radical (unpaired) electrons. The number of amides is 1. The fourth-order valence-corrected chi connectivity index (χ4v) is 3.40. The normalized spacial score (nSPS) is 23.0. The molecule has 0 bridgehead atoms. The monoisotopic (exact) mass is 310 g/mol. The highest BCUT2D eigenvalue weighted by atomic mass is 35.5. The first kappa shape index (κ1) is 18.0. The predicted octanol–water partition coefficient (Wildman–Crippen LogP) is 3.36. The number of hydrogen-bond donors (Lipinski definition) is 2. The van der Waals surface area contributed by atoms with E-state index in [1.807, 2.05) is 6.07 Å². The van der Waals surface area contributed by atoms with E-state index in [9.17, 15) is 4.79 Å². The Balaban J connectivity index is 0.00000220. The molecule has 0 spiro atoms. The van der Waals surface area contributed by atoms with Crippen molar-refractivity contribution in [2.45, 2.75) is 45.6 Å². The van der Waals surface area contributed by atoms with Gasteiger partial charge in [-0.25, -0.2) is 0 Å². The van der Waals surface area contributed by atoms with E-state index >= 15 is 0 Å². The van der Waals surface area contributed by atoms with Gasteiger partial charge in [-0.05, 0) is 42.7 Å². The van der Waals surface area contributed by atoms with Gasteiger partial charge < -0.3 is 11.1 Å². The van der Waals surface area contributed by atoms with Gasteiger partial charge in [-0.1, -0.05) is 44.0 Å². The topological polar surface area (TPSA) is 55.1 Å². The van der Waals surface area contributed by atoms with Crippen molar-refractivity contribution < 1.29 is 4.79 Å². The zero-order valence-electron chi connectivity index (χ0n) is 13.0. The standard InChI is InChI=1S/C17H26N2O.ClH/c1-12-6-5-8-14(10-12)17(19-16(20)11-18)15-9-4-3-7-13(15)2;/h3-4,7,9,12,14,17H,5-6,8,10-11,18H2,1-2H3,(H,19,20);1H. The highest BCUT2D eigenvalue weighted by Gasteiger charge is 2.29. The molecule has 3 atom stereocenters. The SMILES string of the molecule is Cc1ccccc1C(NC(=O)CN)C1CCCC(C)C1.Cl. The molecule has 0 aromatic heterocycles. The molecule has 1 aromatic carbocycles. The van der Waals surface area contributed by atoms with Crippen molar-refractivity contribution in [2.24, 2.45) is 17.6 Å². The van der Waals surface area contributed by atoms with Crippen LogP contribution in [0.4, 0.5) is 0 Å². The lowest BCUT2D eigenvalue weighted by Crippen LogP contribution is -2.38. The molecule has 1 saturated carbocycles. The Hall–Kier alpha value is -1.06. The smallest absolute Gasteiger partial charge is 0.234 e. The zero-order valence-corrected chi connectivity index (χ0v) is 13.8. The van der Waals surface area contributed by atoms with Crippen molar-refractivity contribution >= 4 is 18.3 Å². The number of aryl methyl sites for hydroxylation is 1. The number of rotatable bonds is 4. The van der Waals surface area contributed by atoms with Crippen molar-refractivity contribution in [3.05, 3.63) is 35.4 Å². The van der Waals surface area contributed by atoms with Crippen LogP contribution >= 0.6 is 12.4 Å². The molecule has 0 saturated heterocycles. The molecule has 118 valence electrons. The minimum absolute atomic E-state index is 0. The van der Waals surface area contributed by atoms with Gasteiger partial charge in [0.15, 0.2) is 0 Å². The maximum Gasteiger partial charge on any atom is 0.234 e. The third-order valence-electron chi connectivity index (χ3n) is 4.47. The number of nitrogens with one attached hydrogen (secondary N) is 1. The highest BCUT2D eigenvalue weighted by molar-refractivity contribution is 5.85. The van der Waals surface area contributed by atoms with E-state index in [0.717, 1.165) is 5.92 Å². The van der Waals surface area contributed by atoms with Gasteiger partial charge in [-0.2, -0.15) is 0 Å². The summed E-state index contributed by atoms with van der Waals surface area (Å²) >= 11 is 0. The van der Waals surface area contributed by atoms with Gasteiger partial charge in [-0.3, -0.25) is 4.79 Å². The molecule has 0 aliphatic heterocycles. The average molecular weight is 311 g/mol. The second-order valence-corrected chi connectivity index (χ2v) is 6.14. The first-order chi connectivity index (χ1) is 9.61. The van der Waals surface area contributed by atoms with Crippen molar-refractivity contribution in [3.63, 3.8) is 0 Å². The maximum atomic E-state index is 11.8. The molecular formula is C17H27ClN2O. The summed E-state index contributed by atoms with van der Waals surface area (Å²) < 4.78 is 0. The summed E-state index contributed by atoms with van der Waals surface area (Å²) in [5.74, 6) is 1.21. The number of hydrogen-bond acceptors (Lipinski definition) is 2. The largest absolute Gasteiger partial charge is 0.348 e. The maximum absolute atomic E-state index is 11.8. The van der Waals surface area contributed by atoms with Crippen LogP contribution in [0.3, 0.4) is 0 Å². The molecule has 2 rings (SSSR count). The second-order valence-electron chi connectivity index (χ2n) is 6.14. The molecule has 21 heavy (non-hydrogen) atoms. The number of carbonyl (C=O) groups excluding carboxylic acids is 1. The van der Waals surface area contributed by atoms with Gasteiger partial charge in [-0.15, -0.1) is 12.4 Å². The van der Waals surface area contributed by atoms with E-state index < -0.39 is 0 Å². The summed E-state index contributed by atoms with van der Waals surface area (Å²) in [7, 11) is 0. The van der Waals surface area contributed by atoms with Crippen LogP contribution in [-0.2, 0) is 4.79 Å². The van der Waals surface area contributed by atoms with Crippen molar-refractivity contribution in [3.8, 4) is 0 Å². The van der Waals surface area contributed by atoms with Gasteiger partial charge >= 0.3 is 0 Å². The van der Waals surface area contributed by atoms with Crippen LogP contribution in [0.15, 0.2) is 24.3 Å². The van der Waals surface area contributed by atoms with E-state index in [2.05, 4.69) is 37.4 Å². The van der Waals surface area contributed by atoms with Crippen LogP contribution < -0.4 is 11.1 Å². The lowest BCUT2D eigenvalue weighted by Gasteiger charge is -2.34. The van der Waals surface area contributed by atoms with E-state index in [-0.39, 0.29) is 30.9 Å². The first-order valence-electron chi connectivity index (χ1n) is 7.66. The molecule has 3 nitrogen and oxygen atoms in total. The Labute approximate surface area is 134 Å². The average Bonchev–Trinajstić information content (AvgIpc) is 2.45. The lowest BCUT2D eigenvalue weighted by molar-refractivity contribution is -0.121. The molecule has 1 aromatic rings. The molecular weight excluding hydrogens is 284 g/mol. The lowest BCUT2D eigenvalue weighted by atomic mass is 9.76. The van der Waals surface area contributed by atoms with Gasteiger partial charge in [0.25, 0.3) is 0 Å². The molecule has 0 heterocycles. The Bertz CT molecular complexity index is 464. The van der Waals surface area contributed by atoms with Crippen LogP contribution in [0.25, 0.3) is 0 Å².